The molecule has 0 saturated heterocycles. The average molecular weight is 264 g/mol. The number of nitrogens with one attached hydrogen (secondary N) is 1. The fraction of sp³-hybridized carbons (Fsp3) is 0.938. The van der Waals surface area contributed by atoms with Gasteiger partial charge < -0.3 is 10.2 Å². The van der Waals surface area contributed by atoms with Gasteiger partial charge in [0.05, 0.1) is 0 Å². The minimum absolute atomic E-state index is 0.164. The Morgan fingerprint density at radius 3 is 2.63 bits per heavy atom. The van der Waals surface area contributed by atoms with Gasteiger partial charge in [-0.2, -0.15) is 0 Å². The van der Waals surface area contributed by atoms with Crippen molar-refractivity contribution in [3.8, 4) is 0 Å². The van der Waals surface area contributed by atoms with E-state index in [1.54, 1.807) is 0 Å². The molecule has 19 heavy (non-hydrogen) atoms. The van der Waals surface area contributed by atoms with Crippen molar-refractivity contribution in [1.29, 1.82) is 0 Å². The van der Waals surface area contributed by atoms with Crippen LogP contribution in [0, 0.1) is 23.7 Å². The number of amides is 2. The first-order chi connectivity index (χ1) is 9.26. The third-order valence-corrected chi connectivity index (χ3v) is 5.52. The van der Waals surface area contributed by atoms with Gasteiger partial charge in [-0.3, -0.25) is 0 Å². The number of hydrogen-bond donors (Lipinski definition) is 1. The van der Waals surface area contributed by atoms with Gasteiger partial charge in [0.25, 0.3) is 0 Å². The van der Waals surface area contributed by atoms with Crippen LogP contribution >= 0.6 is 0 Å². The predicted molar refractivity (Wildman–Crippen MR) is 76.9 cm³/mol. The second-order valence-electron chi connectivity index (χ2n) is 6.94. The molecule has 0 aromatic rings. The Hall–Kier alpha value is -0.730. The maximum absolute atomic E-state index is 12.1. The predicted octanol–water partition coefficient (Wildman–Crippen LogP) is 3.25. The second kappa shape index (κ2) is 5.72. The van der Waals surface area contributed by atoms with Crippen molar-refractivity contribution in [3.05, 3.63) is 0 Å². The fourth-order valence-electron chi connectivity index (χ4n) is 4.17. The average Bonchev–Trinajstić information content (AvgIpc) is 2.99. The Morgan fingerprint density at radius 2 is 2.05 bits per heavy atom. The van der Waals surface area contributed by atoms with Crippen LogP contribution in [0.25, 0.3) is 0 Å². The lowest BCUT2D eigenvalue weighted by atomic mass is 9.86. The van der Waals surface area contributed by atoms with Crippen LogP contribution in [-0.2, 0) is 0 Å². The van der Waals surface area contributed by atoms with Crippen LogP contribution in [-0.4, -0.2) is 30.6 Å². The quantitative estimate of drug-likeness (QED) is 0.784. The highest BCUT2D eigenvalue weighted by atomic mass is 16.2. The molecule has 2 bridgehead atoms. The van der Waals surface area contributed by atoms with E-state index < -0.39 is 0 Å². The molecule has 0 aliphatic heterocycles. The van der Waals surface area contributed by atoms with E-state index in [1.807, 2.05) is 4.90 Å². The number of hydrogen-bond acceptors (Lipinski definition) is 1. The molecule has 0 aromatic heterocycles. The molecule has 3 aliphatic carbocycles. The smallest absolute Gasteiger partial charge is 0.317 e. The van der Waals surface area contributed by atoms with E-state index >= 15 is 0 Å². The van der Waals surface area contributed by atoms with Crippen molar-refractivity contribution in [3.63, 3.8) is 0 Å². The summed E-state index contributed by atoms with van der Waals surface area (Å²) >= 11 is 0. The molecule has 3 fully saturated rings. The number of carbonyl (C=O) groups excluding carboxylic acids is 1. The summed E-state index contributed by atoms with van der Waals surface area (Å²) < 4.78 is 0. The fourth-order valence-corrected chi connectivity index (χ4v) is 4.17. The van der Waals surface area contributed by atoms with Gasteiger partial charge in [0, 0.05) is 19.6 Å². The van der Waals surface area contributed by atoms with E-state index in [-0.39, 0.29) is 6.03 Å². The minimum atomic E-state index is 0.164. The zero-order valence-electron chi connectivity index (χ0n) is 12.2. The largest absolute Gasteiger partial charge is 0.338 e. The van der Waals surface area contributed by atoms with Crippen molar-refractivity contribution in [1.82, 2.24) is 10.2 Å². The molecule has 0 spiro atoms. The van der Waals surface area contributed by atoms with Crippen molar-refractivity contribution < 1.29 is 4.79 Å². The summed E-state index contributed by atoms with van der Waals surface area (Å²) in [6, 6.07) is 0.164. The van der Waals surface area contributed by atoms with Gasteiger partial charge in [0.1, 0.15) is 0 Å². The first kappa shape index (κ1) is 13.3. The monoisotopic (exact) mass is 264 g/mol. The maximum atomic E-state index is 12.1. The Morgan fingerprint density at radius 1 is 1.21 bits per heavy atom. The van der Waals surface area contributed by atoms with E-state index in [9.17, 15) is 4.79 Å². The molecule has 3 unspecified atom stereocenters. The second-order valence-corrected chi connectivity index (χ2v) is 6.94. The number of urea groups is 1. The van der Waals surface area contributed by atoms with Gasteiger partial charge >= 0.3 is 6.03 Å². The highest BCUT2D eigenvalue weighted by Gasteiger charge is 2.38. The molecule has 3 saturated carbocycles. The van der Waals surface area contributed by atoms with Crippen molar-refractivity contribution >= 4 is 6.03 Å². The van der Waals surface area contributed by atoms with Gasteiger partial charge in [-0.1, -0.05) is 6.42 Å². The third-order valence-electron chi connectivity index (χ3n) is 5.52. The lowest BCUT2D eigenvalue weighted by Crippen LogP contribution is -2.41. The van der Waals surface area contributed by atoms with Crippen molar-refractivity contribution in [2.45, 2.75) is 51.9 Å². The van der Waals surface area contributed by atoms with Crippen molar-refractivity contribution in [2.24, 2.45) is 23.7 Å². The van der Waals surface area contributed by atoms with E-state index in [4.69, 9.17) is 0 Å². The normalized spacial score (nSPS) is 32.6. The van der Waals surface area contributed by atoms with Gasteiger partial charge in [-0.05, 0) is 69.1 Å². The molecule has 2 amide bonds. The Bertz CT molecular complexity index is 327. The number of fused-ring (bicyclic) bond motifs is 2. The molecule has 3 rings (SSSR count). The SMILES string of the molecule is CCN(CC1CC1)C(=O)NCCC1CC2CCC1C2. The van der Waals surface area contributed by atoms with Crippen LogP contribution in [0.1, 0.15) is 51.9 Å². The van der Waals surface area contributed by atoms with Gasteiger partial charge in [0.2, 0.25) is 0 Å². The van der Waals surface area contributed by atoms with Crippen LogP contribution in [0.15, 0.2) is 0 Å². The molecular weight excluding hydrogens is 236 g/mol. The van der Waals surface area contributed by atoms with Crippen LogP contribution in [0.5, 0.6) is 0 Å². The summed E-state index contributed by atoms with van der Waals surface area (Å²) in [4.78, 5) is 14.1. The molecule has 1 N–H and O–H groups in total. The van der Waals surface area contributed by atoms with Crippen LogP contribution in [0.2, 0.25) is 0 Å². The molecule has 3 atom stereocenters. The standard InChI is InChI=1S/C16H28N2O/c1-2-18(11-12-3-4-12)16(19)17-8-7-15-10-13-5-6-14(15)9-13/h12-15H,2-11H2,1H3,(H,17,19). The number of carbonyl (C=O) groups is 1. The van der Waals surface area contributed by atoms with E-state index in [1.165, 1.54) is 44.9 Å². The topological polar surface area (TPSA) is 32.3 Å². The van der Waals surface area contributed by atoms with E-state index in [0.717, 1.165) is 43.3 Å². The zero-order chi connectivity index (χ0) is 13.2. The lowest BCUT2D eigenvalue weighted by Gasteiger charge is -2.24. The van der Waals surface area contributed by atoms with Gasteiger partial charge in [-0.25, -0.2) is 4.79 Å². The summed E-state index contributed by atoms with van der Waals surface area (Å²) in [6.45, 7) is 4.78. The highest BCUT2D eigenvalue weighted by Crippen LogP contribution is 2.49. The van der Waals surface area contributed by atoms with E-state index in [2.05, 4.69) is 12.2 Å². The summed E-state index contributed by atoms with van der Waals surface area (Å²) in [5.41, 5.74) is 0. The molecule has 0 aromatic carbocycles. The Balaban J connectivity index is 1.35. The molecular formula is C16H28N2O. The molecule has 0 radical (unpaired) electrons. The molecule has 108 valence electrons. The lowest BCUT2D eigenvalue weighted by molar-refractivity contribution is 0.196. The summed E-state index contributed by atoms with van der Waals surface area (Å²) in [6.07, 6.45) is 9.66. The third kappa shape index (κ3) is 3.24. The maximum Gasteiger partial charge on any atom is 0.317 e. The van der Waals surface area contributed by atoms with Gasteiger partial charge in [0.15, 0.2) is 0 Å². The zero-order valence-corrected chi connectivity index (χ0v) is 12.2. The number of nitrogens with zero attached hydrogens (tertiary/aromatic N) is 1. The minimum Gasteiger partial charge on any atom is -0.338 e. The molecule has 0 heterocycles. The Kier molecular flexibility index (Phi) is 3.99. The van der Waals surface area contributed by atoms with Crippen LogP contribution < -0.4 is 5.32 Å². The summed E-state index contributed by atoms with van der Waals surface area (Å²) in [7, 11) is 0. The summed E-state index contributed by atoms with van der Waals surface area (Å²) in [5.74, 6) is 3.69. The van der Waals surface area contributed by atoms with Crippen molar-refractivity contribution in [2.75, 3.05) is 19.6 Å². The first-order valence-corrected chi connectivity index (χ1v) is 8.29. The van der Waals surface area contributed by atoms with E-state index in [0.29, 0.717) is 0 Å². The molecule has 3 heteroatoms. The van der Waals surface area contributed by atoms with Gasteiger partial charge in [-0.15, -0.1) is 0 Å². The number of rotatable bonds is 6. The van der Waals surface area contributed by atoms with Crippen LogP contribution in [0.3, 0.4) is 0 Å². The first-order valence-electron chi connectivity index (χ1n) is 8.29. The Labute approximate surface area is 117 Å². The highest BCUT2D eigenvalue weighted by molar-refractivity contribution is 5.74. The van der Waals surface area contributed by atoms with Crippen LogP contribution in [0.4, 0.5) is 4.79 Å². The molecule has 3 aliphatic rings. The molecule has 3 nitrogen and oxygen atoms in total. The summed E-state index contributed by atoms with van der Waals surface area (Å²) in [5, 5.41) is 3.14.